The molecular formula is C15H14N2O2S. The Kier molecular flexibility index (Phi) is 3.52. The molecule has 0 aliphatic rings. The normalized spacial score (nSPS) is 10.8. The summed E-state index contributed by atoms with van der Waals surface area (Å²) in [5, 5.41) is 0.636. The average molecular weight is 286 g/mol. The molecule has 5 heteroatoms. The predicted octanol–water partition coefficient (Wildman–Crippen LogP) is 3.71. The summed E-state index contributed by atoms with van der Waals surface area (Å²) >= 11 is 1.54. The van der Waals surface area contributed by atoms with Crippen LogP contribution >= 0.6 is 11.8 Å². The van der Waals surface area contributed by atoms with Crippen molar-refractivity contribution in [1.82, 2.24) is 4.98 Å². The van der Waals surface area contributed by atoms with Crippen LogP contribution in [0.15, 0.2) is 52.1 Å². The van der Waals surface area contributed by atoms with Crippen LogP contribution in [0.4, 0.5) is 5.69 Å². The first-order valence-electron chi connectivity index (χ1n) is 6.17. The number of fused-ring (bicyclic) bond motifs is 1. The summed E-state index contributed by atoms with van der Waals surface area (Å²) in [6.45, 7) is 0. The standard InChI is InChI=1S/C15H14N2O2S/c1-18-13-5-3-2-4-10(13)9-20-15-17-12-7-6-11(16)8-14(12)19-15/h2-8H,9,16H2,1H3. The first kappa shape index (κ1) is 12.9. The molecule has 0 aliphatic carbocycles. The van der Waals surface area contributed by atoms with Gasteiger partial charge in [-0.25, -0.2) is 4.98 Å². The van der Waals surface area contributed by atoms with Crippen molar-refractivity contribution in [3.05, 3.63) is 48.0 Å². The van der Waals surface area contributed by atoms with Crippen molar-refractivity contribution in [2.75, 3.05) is 12.8 Å². The molecule has 1 aromatic heterocycles. The van der Waals surface area contributed by atoms with Crippen molar-refractivity contribution in [2.24, 2.45) is 0 Å². The molecule has 1 heterocycles. The second-order valence-corrected chi connectivity index (χ2v) is 5.23. The number of hydrogen-bond acceptors (Lipinski definition) is 5. The molecule has 20 heavy (non-hydrogen) atoms. The third-order valence-corrected chi connectivity index (χ3v) is 3.81. The smallest absolute Gasteiger partial charge is 0.257 e. The lowest BCUT2D eigenvalue weighted by Gasteiger charge is -2.05. The highest BCUT2D eigenvalue weighted by Crippen LogP contribution is 2.30. The van der Waals surface area contributed by atoms with E-state index >= 15 is 0 Å². The Balaban J connectivity index is 1.79. The summed E-state index contributed by atoms with van der Waals surface area (Å²) in [5.41, 5.74) is 9.05. The highest BCUT2D eigenvalue weighted by molar-refractivity contribution is 7.98. The van der Waals surface area contributed by atoms with E-state index in [1.165, 1.54) is 11.8 Å². The number of para-hydroxylation sites is 1. The maximum atomic E-state index is 5.72. The van der Waals surface area contributed by atoms with Crippen LogP contribution in [0.25, 0.3) is 11.1 Å². The van der Waals surface area contributed by atoms with Crippen LogP contribution in [0.2, 0.25) is 0 Å². The molecule has 0 saturated carbocycles. The SMILES string of the molecule is COc1ccccc1CSc1nc2ccc(N)cc2o1. The lowest BCUT2D eigenvalue weighted by molar-refractivity contribution is 0.411. The third kappa shape index (κ3) is 2.58. The van der Waals surface area contributed by atoms with Gasteiger partial charge in [0.2, 0.25) is 0 Å². The van der Waals surface area contributed by atoms with Gasteiger partial charge in [-0.05, 0) is 18.2 Å². The second-order valence-electron chi connectivity index (χ2n) is 4.31. The first-order valence-corrected chi connectivity index (χ1v) is 7.15. The maximum Gasteiger partial charge on any atom is 0.257 e. The van der Waals surface area contributed by atoms with Crippen LogP contribution in [0, 0.1) is 0 Å². The van der Waals surface area contributed by atoms with Gasteiger partial charge in [0.25, 0.3) is 5.22 Å². The van der Waals surface area contributed by atoms with Crippen LogP contribution < -0.4 is 10.5 Å². The van der Waals surface area contributed by atoms with Crippen molar-refractivity contribution >= 4 is 28.5 Å². The summed E-state index contributed by atoms with van der Waals surface area (Å²) in [5.74, 6) is 1.62. The molecule has 0 spiro atoms. The molecule has 3 rings (SSSR count). The molecule has 2 N–H and O–H groups in total. The van der Waals surface area contributed by atoms with E-state index in [2.05, 4.69) is 4.98 Å². The van der Waals surface area contributed by atoms with Crippen molar-refractivity contribution in [2.45, 2.75) is 11.0 Å². The number of anilines is 1. The zero-order chi connectivity index (χ0) is 13.9. The predicted molar refractivity (Wildman–Crippen MR) is 81.0 cm³/mol. The van der Waals surface area contributed by atoms with E-state index in [0.29, 0.717) is 16.5 Å². The zero-order valence-corrected chi connectivity index (χ0v) is 11.8. The minimum atomic E-state index is 0.636. The Labute approximate surface area is 120 Å². The largest absolute Gasteiger partial charge is 0.496 e. The molecule has 0 atom stereocenters. The van der Waals surface area contributed by atoms with Crippen molar-refractivity contribution in [1.29, 1.82) is 0 Å². The van der Waals surface area contributed by atoms with Gasteiger partial charge in [0.05, 0.1) is 7.11 Å². The fourth-order valence-corrected chi connectivity index (χ4v) is 2.77. The van der Waals surface area contributed by atoms with Crippen molar-refractivity contribution in [3.63, 3.8) is 0 Å². The number of nitrogens with two attached hydrogens (primary N) is 1. The molecule has 0 unspecified atom stereocenters. The van der Waals surface area contributed by atoms with Gasteiger partial charge >= 0.3 is 0 Å². The number of rotatable bonds is 4. The van der Waals surface area contributed by atoms with E-state index in [0.717, 1.165) is 22.6 Å². The summed E-state index contributed by atoms with van der Waals surface area (Å²) in [4.78, 5) is 4.42. The van der Waals surface area contributed by atoms with Crippen LogP contribution in [0.5, 0.6) is 5.75 Å². The van der Waals surface area contributed by atoms with E-state index in [4.69, 9.17) is 14.9 Å². The monoisotopic (exact) mass is 286 g/mol. The average Bonchev–Trinajstić information content (AvgIpc) is 2.87. The Bertz CT molecular complexity index is 740. The molecule has 0 saturated heterocycles. The Morgan fingerprint density at radius 2 is 2.10 bits per heavy atom. The highest BCUT2D eigenvalue weighted by atomic mass is 32.2. The number of thioether (sulfide) groups is 1. The van der Waals surface area contributed by atoms with Crippen LogP contribution in [-0.2, 0) is 5.75 Å². The Morgan fingerprint density at radius 3 is 2.95 bits per heavy atom. The quantitative estimate of drug-likeness (QED) is 0.585. The Hall–Kier alpha value is -2.14. The summed E-state index contributed by atoms with van der Waals surface area (Å²) in [6.07, 6.45) is 0. The van der Waals surface area contributed by atoms with Gasteiger partial charge in [-0.15, -0.1) is 0 Å². The number of oxazole rings is 1. The minimum absolute atomic E-state index is 0.636. The van der Waals surface area contributed by atoms with Gasteiger partial charge in [0.1, 0.15) is 11.3 Å². The summed E-state index contributed by atoms with van der Waals surface area (Å²) < 4.78 is 11.0. The van der Waals surface area contributed by atoms with Crippen molar-refractivity contribution in [3.8, 4) is 5.75 Å². The van der Waals surface area contributed by atoms with E-state index in [1.807, 2.05) is 36.4 Å². The number of aromatic nitrogens is 1. The minimum Gasteiger partial charge on any atom is -0.496 e. The van der Waals surface area contributed by atoms with Crippen LogP contribution in [0.1, 0.15) is 5.56 Å². The number of benzene rings is 2. The van der Waals surface area contributed by atoms with Gasteiger partial charge in [0.15, 0.2) is 5.58 Å². The Morgan fingerprint density at radius 1 is 1.25 bits per heavy atom. The molecular weight excluding hydrogens is 272 g/mol. The molecule has 0 radical (unpaired) electrons. The second kappa shape index (κ2) is 5.46. The van der Waals surface area contributed by atoms with E-state index < -0.39 is 0 Å². The van der Waals surface area contributed by atoms with Crippen LogP contribution in [0.3, 0.4) is 0 Å². The fraction of sp³-hybridized carbons (Fsp3) is 0.133. The lowest BCUT2D eigenvalue weighted by atomic mass is 10.2. The molecule has 0 aliphatic heterocycles. The van der Waals surface area contributed by atoms with E-state index in [1.54, 1.807) is 13.2 Å². The molecule has 102 valence electrons. The van der Waals surface area contributed by atoms with Gasteiger partial charge in [0, 0.05) is 23.1 Å². The zero-order valence-electron chi connectivity index (χ0n) is 11.0. The molecule has 3 aromatic rings. The molecule has 4 nitrogen and oxygen atoms in total. The molecule has 2 aromatic carbocycles. The lowest BCUT2D eigenvalue weighted by Crippen LogP contribution is -1.89. The molecule has 0 bridgehead atoms. The summed E-state index contributed by atoms with van der Waals surface area (Å²) in [7, 11) is 1.67. The maximum absolute atomic E-state index is 5.72. The third-order valence-electron chi connectivity index (χ3n) is 2.94. The van der Waals surface area contributed by atoms with Gasteiger partial charge in [-0.3, -0.25) is 0 Å². The van der Waals surface area contributed by atoms with Gasteiger partial charge in [-0.1, -0.05) is 30.0 Å². The van der Waals surface area contributed by atoms with Crippen molar-refractivity contribution < 1.29 is 9.15 Å². The first-order chi connectivity index (χ1) is 9.76. The fourth-order valence-electron chi connectivity index (χ4n) is 1.94. The number of methoxy groups -OCH3 is 1. The van der Waals surface area contributed by atoms with Crippen LogP contribution in [-0.4, -0.2) is 12.1 Å². The number of ether oxygens (including phenoxy) is 1. The van der Waals surface area contributed by atoms with Gasteiger partial charge in [-0.2, -0.15) is 0 Å². The van der Waals surface area contributed by atoms with E-state index in [-0.39, 0.29) is 0 Å². The molecule has 0 amide bonds. The number of nitrogens with zero attached hydrogens (tertiary/aromatic N) is 1. The van der Waals surface area contributed by atoms with Gasteiger partial charge < -0.3 is 14.9 Å². The molecule has 0 fully saturated rings. The topological polar surface area (TPSA) is 61.3 Å². The summed E-state index contributed by atoms with van der Waals surface area (Å²) in [6, 6.07) is 13.4. The number of hydrogen-bond donors (Lipinski definition) is 1. The number of nitrogen functional groups attached to an aromatic ring is 1. The highest BCUT2D eigenvalue weighted by Gasteiger charge is 2.08. The van der Waals surface area contributed by atoms with E-state index in [9.17, 15) is 0 Å².